The number of para-hydroxylation sites is 1. The first-order valence-corrected chi connectivity index (χ1v) is 9.67. The Labute approximate surface area is 167 Å². The Morgan fingerprint density at radius 2 is 1.86 bits per heavy atom. The molecule has 6 heteroatoms. The van der Waals surface area contributed by atoms with E-state index in [1.807, 2.05) is 30.3 Å². The van der Waals surface area contributed by atoms with Gasteiger partial charge in [-0.1, -0.05) is 36.4 Å². The number of ether oxygens (including phenoxy) is 1. The fourth-order valence-electron chi connectivity index (χ4n) is 3.55. The van der Waals surface area contributed by atoms with E-state index in [1.54, 1.807) is 25.1 Å². The Balaban J connectivity index is 1.79. The summed E-state index contributed by atoms with van der Waals surface area (Å²) in [6.45, 7) is 2.28. The number of nitrogens with one attached hydrogen (secondary N) is 1. The van der Waals surface area contributed by atoms with Crippen molar-refractivity contribution in [3.63, 3.8) is 0 Å². The molecule has 1 saturated heterocycles. The van der Waals surface area contributed by atoms with Crippen LogP contribution in [-0.4, -0.2) is 24.5 Å². The fourth-order valence-corrected chi connectivity index (χ4v) is 3.55. The third kappa shape index (κ3) is 3.66. The summed E-state index contributed by atoms with van der Waals surface area (Å²) in [5, 5.41) is 3.05. The van der Waals surface area contributed by atoms with Gasteiger partial charge in [-0.05, 0) is 38.3 Å². The molecule has 1 unspecified atom stereocenters. The maximum absolute atomic E-state index is 12.9. The zero-order valence-corrected chi connectivity index (χ0v) is 16.1. The number of hydrogen-bond donors (Lipinski definition) is 1. The van der Waals surface area contributed by atoms with Gasteiger partial charge < -0.3 is 14.5 Å². The van der Waals surface area contributed by atoms with Crippen LogP contribution < -0.4 is 10.7 Å². The highest BCUT2D eigenvalue weighted by Gasteiger charge is 2.27. The van der Waals surface area contributed by atoms with Crippen LogP contribution in [0.3, 0.4) is 0 Å². The van der Waals surface area contributed by atoms with Crippen LogP contribution in [0.4, 0.5) is 0 Å². The lowest BCUT2D eigenvalue weighted by Crippen LogP contribution is -2.36. The van der Waals surface area contributed by atoms with Crippen molar-refractivity contribution in [1.29, 1.82) is 0 Å². The number of amides is 1. The lowest BCUT2D eigenvalue weighted by molar-refractivity contribution is -0.129. The monoisotopic (exact) mass is 391 g/mol. The highest BCUT2D eigenvalue weighted by molar-refractivity contribution is 6.03. The minimum Gasteiger partial charge on any atom is -0.455 e. The average Bonchev–Trinajstić information content (AvgIpc) is 2.95. The van der Waals surface area contributed by atoms with Gasteiger partial charge in [0.15, 0.2) is 17.1 Å². The molecule has 4 rings (SSSR count). The van der Waals surface area contributed by atoms with Gasteiger partial charge in [-0.2, -0.15) is 0 Å². The van der Waals surface area contributed by atoms with E-state index in [1.165, 1.54) is 0 Å². The van der Waals surface area contributed by atoms with Gasteiger partial charge in [-0.3, -0.25) is 9.59 Å². The highest BCUT2D eigenvalue weighted by Crippen LogP contribution is 2.28. The molecule has 29 heavy (non-hydrogen) atoms. The summed E-state index contributed by atoms with van der Waals surface area (Å²) in [5.41, 5.74) is 1.31. The van der Waals surface area contributed by atoms with E-state index in [9.17, 15) is 14.4 Å². The van der Waals surface area contributed by atoms with Crippen LogP contribution >= 0.6 is 0 Å². The van der Waals surface area contributed by atoms with Crippen LogP contribution in [0.15, 0.2) is 57.7 Å². The Hall–Kier alpha value is -3.41. The number of fused-ring (bicyclic) bond motifs is 1. The molecule has 148 valence electrons. The van der Waals surface area contributed by atoms with E-state index in [4.69, 9.17) is 9.15 Å². The zero-order valence-electron chi connectivity index (χ0n) is 16.1. The SMILES string of the molecule is Cc1c(-c2ccccc2)oc2c(C(=O)OC3CCCCNC3=O)cccc2c1=O. The number of carbonyl (C=O) groups is 2. The number of carbonyl (C=O) groups excluding carboxylic acids is 2. The number of benzene rings is 2. The summed E-state index contributed by atoms with van der Waals surface area (Å²) < 4.78 is 11.5. The quantitative estimate of drug-likeness (QED) is 0.690. The van der Waals surface area contributed by atoms with Gasteiger partial charge in [0, 0.05) is 17.7 Å². The van der Waals surface area contributed by atoms with E-state index in [0.717, 1.165) is 18.4 Å². The van der Waals surface area contributed by atoms with Gasteiger partial charge in [-0.25, -0.2) is 4.79 Å². The van der Waals surface area contributed by atoms with Crippen LogP contribution in [-0.2, 0) is 9.53 Å². The first kappa shape index (κ1) is 18.9. The normalized spacial score (nSPS) is 16.9. The van der Waals surface area contributed by atoms with E-state index < -0.39 is 12.1 Å². The first-order valence-electron chi connectivity index (χ1n) is 9.67. The predicted octanol–water partition coefficient (Wildman–Crippen LogP) is 3.59. The topological polar surface area (TPSA) is 85.6 Å². The molecule has 1 amide bonds. The van der Waals surface area contributed by atoms with Gasteiger partial charge in [0.2, 0.25) is 0 Å². The largest absolute Gasteiger partial charge is 0.455 e. The Kier molecular flexibility index (Phi) is 5.16. The zero-order chi connectivity index (χ0) is 20.4. The van der Waals surface area contributed by atoms with Crippen molar-refractivity contribution < 1.29 is 18.7 Å². The molecule has 1 aliphatic rings. The summed E-state index contributed by atoms with van der Waals surface area (Å²) in [5.74, 6) is -0.558. The summed E-state index contributed by atoms with van der Waals surface area (Å²) in [4.78, 5) is 37.9. The summed E-state index contributed by atoms with van der Waals surface area (Å²) in [7, 11) is 0. The number of rotatable bonds is 3. The highest BCUT2D eigenvalue weighted by atomic mass is 16.5. The van der Waals surface area contributed by atoms with Crippen LogP contribution in [0.1, 0.15) is 35.2 Å². The van der Waals surface area contributed by atoms with E-state index in [0.29, 0.717) is 29.7 Å². The molecular formula is C23H21NO5. The van der Waals surface area contributed by atoms with Gasteiger partial charge in [-0.15, -0.1) is 0 Å². The maximum atomic E-state index is 12.9. The smallest absolute Gasteiger partial charge is 0.342 e. The van der Waals surface area contributed by atoms with Gasteiger partial charge in [0.1, 0.15) is 11.3 Å². The second kappa shape index (κ2) is 7.91. The van der Waals surface area contributed by atoms with Crippen LogP contribution in [0.5, 0.6) is 0 Å². The molecule has 1 aromatic heterocycles. The molecule has 0 aliphatic carbocycles. The summed E-state index contributed by atoms with van der Waals surface area (Å²) in [6.07, 6.45) is 1.27. The lowest BCUT2D eigenvalue weighted by atomic mass is 10.0. The fraction of sp³-hybridized carbons (Fsp3) is 0.261. The van der Waals surface area contributed by atoms with Crippen molar-refractivity contribution in [3.8, 4) is 11.3 Å². The van der Waals surface area contributed by atoms with E-state index >= 15 is 0 Å². The van der Waals surface area contributed by atoms with Crippen molar-refractivity contribution in [2.45, 2.75) is 32.3 Å². The predicted molar refractivity (Wildman–Crippen MR) is 109 cm³/mol. The van der Waals surface area contributed by atoms with E-state index in [-0.39, 0.29) is 22.5 Å². The van der Waals surface area contributed by atoms with Crippen LogP contribution in [0.25, 0.3) is 22.3 Å². The first-order chi connectivity index (χ1) is 14.1. The minimum atomic E-state index is -0.842. The standard InChI is InChI=1S/C23H21NO5/c1-14-19(25)16-10-7-11-17(21(16)29-20(14)15-8-3-2-4-9-15)23(27)28-18-12-5-6-13-24-22(18)26/h2-4,7-11,18H,5-6,12-13H2,1H3,(H,24,26). The molecule has 0 radical (unpaired) electrons. The Bertz CT molecular complexity index is 1130. The van der Waals surface area contributed by atoms with Crippen molar-refractivity contribution in [2.24, 2.45) is 0 Å². The average molecular weight is 391 g/mol. The van der Waals surface area contributed by atoms with Crippen LogP contribution in [0.2, 0.25) is 0 Å². The molecule has 0 saturated carbocycles. The maximum Gasteiger partial charge on any atom is 0.342 e. The molecule has 1 fully saturated rings. The second-order valence-electron chi connectivity index (χ2n) is 7.11. The number of esters is 1. The molecule has 2 heterocycles. The molecule has 3 aromatic rings. The van der Waals surface area contributed by atoms with Crippen LogP contribution in [0, 0.1) is 6.92 Å². The molecular weight excluding hydrogens is 370 g/mol. The molecule has 6 nitrogen and oxygen atoms in total. The molecule has 0 spiro atoms. The second-order valence-corrected chi connectivity index (χ2v) is 7.11. The van der Waals surface area contributed by atoms with Gasteiger partial charge in [0.05, 0.1) is 5.39 Å². The van der Waals surface area contributed by atoms with E-state index in [2.05, 4.69) is 5.32 Å². The van der Waals surface area contributed by atoms with Crippen molar-refractivity contribution in [3.05, 3.63) is 69.9 Å². The molecule has 1 N–H and O–H groups in total. The number of hydrogen-bond acceptors (Lipinski definition) is 5. The third-order valence-electron chi connectivity index (χ3n) is 5.13. The molecule has 1 aliphatic heterocycles. The van der Waals surface area contributed by atoms with Crippen molar-refractivity contribution in [1.82, 2.24) is 5.32 Å². The summed E-state index contributed by atoms with van der Waals surface area (Å²) in [6, 6.07) is 14.0. The molecule has 2 aromatic carbocycles. The Morgan fingerprint density at radius 1 is 1.07 bits per heavy atom. The van der Waals surface area contributed by atoms with Crippen molar-refractivity contribution >= 4 is 22.8 Å². The van der Waals surface area contributed by atoms with Crippen molar-refractivity contribution in [2.75, 3.05) is 6.54 Å². The molecule has 0 bridgehead atoms. The third-order valence-corrected chi connectivity index (χ3v) is 5.13. The van der Waals surface area contributed by atoms with Gasteiger partial charge in [0.25, 0.3) is 5.91 Å². The lowest BCUT2D eigenvalue weighted by Gasteiger charge is -2.15. The summed E-state index contributed by atoms with van der Waals surface area (Å²) >= 11 is 0. The van der Waals surface area contributed by atoms with Gasteiger partial charge >= 0.3 is 5.97 Å². The Morgan fingerprint density at radius 3 is 2.66 bits per heavy atom. The minimum absolute atomic E-state index is 0.133. The molecule has 1 atom stereocenters.